The van der Waals surface area contributed by atoms with E-state index in [1.54, 1.807) is 0 Å². The van der Waals surface area contributed by atoms with Gasteiger partial charge < -0.3 is 4.74 Å². The first-order valence-corrected chi connectivity index (χ1v) is 6.45. The standard InChI is InChI=1S/C15H20N2O2/c1-3-9-17(12-15(18)19-2)11-14(10-16)13-7-5-4-6-8-13/h4-8,14H,3,9,11-12H2,1-2H3. The molecule has 0 saturated carbocycles. The van der Waals surface area contributed by atoms with E-state index in [1.165, 1.54) is 7.11 Å². The lowest BCUT2D eigenvalue weighted by Gasteiger charge is -2.23. The van der Waals surface area contributed by atoms with Crippen LogP contribution < -0.4 is 0 Å². The molecule has 0 fully saturated rings. The lowest BCUT2D eigenvalue weighted by molar-refractivity contribution is -0.141. The summed E-state index contributed by atoms with van der Waals surface area (Å²) in [6.45, 7) is 3.60. The summed E-state index contributed by atoms with van der Waals surface area (Å²) in [5, 5.41) is 9.30. The van der Waals surface area contributed by atoms with Crippen LogP contribution in [0.3, 0.4) is 0 Å². The smallest absolute Gasteiger partial charge is 0.319 e. The second kappa shape index (κ2) is 8.28. The van der Waals surface area contributed by atoms with Crippen molar-refractivity contribution in [2.24, 2.45) is 0 Å². The monoisotopic (exact) mass is 260 g/mol. The average Bonchev–Trinajstić information content (AvgIpc) is 2.45. The molecule has 0 heterocycles. The van der Waals surface area contributed by atoms with E-state index in [-0.39, 0.29) is 18.4 Å². The van der Waals surface area contributed by atoms with E-state index in [9.17, 15) is 10.1 Å². The van der Waals surface area contributed by atoms with E-state index in [2.05, 4.69) is 10.8 Å². The molecule has 102 valence electrons. The molecular formula is C15H20N2O2. The molecule has 0 aliphatic carbocycles. The van der Waals surface area contributed by atoms with Crippen LogP contribution in [0.15, 0.2) is 30.3 Å². The Hall–Kier alpha value is -1.86. The summed E-state index contributed by atoms with van der Waals surface area (Å²) in [4.78, 5) is 13.3. The van der Waals surface area contributed by atoms with Gasteiger partial charge in [-0.3, -0.25) is 9.69 Å². The Bertz CT molecular complexity index is 426. The highest BCUT2D eigenvalue weighted by Gasteiger charge is 2.17. The predicted molar refractivity (Wildman–Crippen MR) is 73.5 cm³/mol. The molecule has 0 N–H and O–H groups in total. The minimum atomic E-state index is -0.266. The number of rotatable bonds is 7. The molecule has 19 heavy (non-hydrogen) atoms. The highest BCUT2D eigenvalue weighted by molar-refractivity contribution is 5.71. The molecule has 1 aromatic rings. The number of benzene rings is 1. The van der Waals surface area contributed by atoms with Gasteiger partial charge in [-0.15, -0.1) is 0 Å². The maximum absolute atomic E-state index is 11.4. The summed E-state index contributed by atoms with van der Waals surface area (Å²) in [7, 11) is 1.38. The highest BCUT2D eigenvalue weighted by Crippen LogP contribution is 2.16. The fourth-order valence-electron chi connectivity index (χ4n) is 1.96. The van der Waals surface area contributed by atoms with Crippen LogP contribution in [0.1, 0.15) is 24.8 Å². The molecule has 0 saturated heterocycles. The average molecular weight is 260 g/mol. The molecular weight excluding hydrogens is 240 g/mol. The van der Waals surface area contributed by atoms with Gasteiger partial charge in [-0.05, 0) is 18.5 Å². The summed E-state index contributed by atoms with van der Waals surface area (Å²) in [6.07, 6.45) is 0.934. The third kappa shape index (κ3) is 5.11. The molecule has 1 rings (SSSR count). The number of nitriles is 1. The van der Waals surface area contributed by atoms with Gasteiger partial charge in [0.05, 0.1) is 25.6 Å². The number of methoxy groups -OCH3 is 1. The van der Waals surface area contributed by atoms with Crippen LogP contribution in [0.2, 0.25) is 0 Å². The molecule has 1 unspecified atom stereocenters. The Balaban J connectivity index is 2.71. The van der Waals surface area contributed by atoms with Gasteiger partial charge >= 0.3 is 5.97 Å². The lowest BCUT2D eigenvalue weighted by atomic mass is 10.00. The number of carbonyl (C=O) groups is 1. The molecule has 0 aliphatic rings. The molecule has 0 bridgehead atoms. The van der Waals surface area contributed by atoms with E-state index in [0.29, 0.717) is 6.54 Å². The van der Waals surface area contributed by atoms with Crippen LogP contribution in [0, 0.1) is 11.3 Å². The topological polar surface area (TPSA) is 53.3 Å². The summed E-state index contributed by atoms with van der Waals surface area (Å²) in [6, 6.07) is 12.0. The number of carbonyl (C=O) groups excluding carboxylic acids is 1. The summed E-state index contributed by atoms with van der Waals surface area (Å²) >= 11 is 0. The van der Waals surface area contributed by atoms with Gasteiger partial charge in [-0.2, -0.15) is 5.26 Å². The van der Waals surface area contributed by atoms with Crippen molar-refractivity contribution in [2.45, 2.75) is 19.3 Å². The van der Waals surface area contributed by atoms with Crippen LogP contribution in [0.4, 0.5) is 0 Å². The minimum absolute atomic E-state index is 0.225. The zero-order valence-electron chi connectivity index (χ0n) is 11.5. The van der Waals surface area contributed by atoms with Crippen molar-refractivity contribution >= 4 is 5.97 Å². The number of ether oxygens (including phenoxy) is 1. The molecule has 0 aromatic heterocycles. The summed E-state index contributed by atoms with van der Waals surface area (Å²) in [5.74, 6) is -0.490. The molecule has 1 aromatic carbocycles. The highest BCUT2D eigenvalue weighted by atomic mass is 16.5. The van der Waals surface area contributed by atoms with E-state index < -0.39 is 0 Å². The molecule has 1 atom stereocenters. The Morgan fingerprint density at radius 3 is 2.63 bits per heavy atom. The zero-order valence-corrected chi connectivity index (χ0v) is 11.5. The first-order valence-electron chi connectivity index (χ1n) is 6.45. The molecule has 4 nitrogen and oxygen atoms in total. The van der Waals surface area contributed by atoms with E-state index in [0.717, 1.165) is 18.5 Å². The van der Waals surface area contributed by atoms with E-state index >= 15 is 0 Å². The minimum Gasteiger partial charge on any atom is -0.468 e. The Morgan fingerprint density at radius 2 is 2.11 bits per heavy atom. The zero-order chi connectivity index (χ0) is 14.1. The lowest BCUT2D eigenvalue weighted by Crippen LogP contribution is -2.34. The molecule has 0 amide bonds. The third-order valence-electron chi connectivity index (χ3n) is 2.92. The van der Waals surface area contributed by atoms with Crippen molar-refractivity contribution in [3.63, 3.8) is 0 Å². The molecule has 0 aliphatic heterocycles. The number of hydrogen-bond donors (Lipinski definition) is 0. The van der Waals surface area contributed by atoms with Crippen LogP contribution in [0.5, 0.6) is 0 Å². The first-order chi connectivity index (χ1) is 9.21. The second-order valence-electron chi connectivity index (χ2n) is 4.40. The molecule has 0 spiro atoms. The molecule has 4 heteroatoms. The SMILES string of the molecule is CCCN(CC(=O)OC)CC(C#N)c1ccccc1. The maximum atomic E-state index is 11.4. The van der Waals surface area contributed by atoms with Gasteiger partial charge in [-0.25, -0.2) is 0 Å². The van der Waals surface area contributed by atoms with E-state index in [4.69, 9.17) is 0 Å². The van der Waals surface area contributed by atoms with Crippen molar-refractivity contribution in [2.75, 3.05) is 26.7 Å². The van der Waals surface area contributed by atoms with Crippen molar-refractivity contribution in [3.05, 3.63) is 35.9 Å². The van der Waals surface area contributed by atoms with Crippen LogP contribution >= 0.6 is 0 Å². The number of esters is 1. The Labute approximate surface area is 114 Å². The van der Waals surface area contributed by atoms with Crippen LogP contribution in [-0.2, 0) is 9.53 Å². The Morgan fingerprint density at radius 1 is 1.42 bits per heavy atom. The number of nitrogens with zero attached hydrogens (tertiary/aromatic N) is 2. The van der Waals surface area contributed by atoms with Crippen LogP contribution in [-0.4, -0.2) is 37.6 Å². The van der Waals surface area contributed by atoms with Gasteiger partial charge in [0, 0.05) is 6.54 Å². The number of hydrogen-bond acceptors (Lipinski definition) is 4. The summed E-state index contributed by atoms with van der Waals surface area (Å²) < 4.78 is 4.68. The maximum Gasteiger partial charge on any atom is 0.319 e. The van der Waals surface area contributed by atoms with Gasteiger partial charge in [0.15, 0.2) is 0 Å². The summed E-state index contributed by atoms with van der Waals surface area (Å²) in [5.41, 5.74) is 0.982. The third-order valence-corrected chi connectivity index (χ3v) is 2.92. The first kappa shape index (κ1) is 15.2. The quantitative estimate of drug-likeness (QED) is 0.705. The molecule has 0 radical (unpaired) electrons. The van der Waals surface area contributed by atoms with Gasteiger partial charge in [-0.1, -0.05) is 37.3 Å². The Kier molecular flexibility index (Phi) is 6.62. The van der Waals surface area contributed by atoms with Gasteiger partial charge in [0.2, 0.25) is 0 Å². The van der Waals surface area contributed by atoms with Crippen LogP contribution in [0.25, 0.3) is 0 Å². The normalized spacial score (nSPS) is 11.9. The van der Waals surface area contributed by atoms with Crippen molar-refractivity contribution in [1.29, 1.82) is 5.26 Å². The van der Waals surface area contributed by atoms with Crippen molar-refractivity contribution in [1.82, 2.24) is 4.90 Å². The largest absolute Gasteiger partial charge is 0.468 e. The fraction of sp³-hybridized carbons (Fsp3) is 0.467. The van der Waals surface area contributed by atoms with Gasteiger partial charge in [0.1, 0.15) is 0 Å². The van der Waals surface area contributed by atoms with Crippen molar-refractivity contribution in [3.8, 4) is 6.07 Å². The fourth-order valence-corrected chi connectivity index (χ4v) is 1.96. The van der Waals surface area contributed by atoms with Crippen molar-refractivity contribution < 1.29 is 9.53 Å². The second-order valence-corrected chi connectivity index (χ2v) is 4.40. The predicted octanol–water partition coefficient (Wildman–Crippen LogP) is 2.18. The van der Waals surface area contributed by atoms with Gasteiger partial charge in [0.25, 0.3) is 0 Å². The van der Waals surface area contributed by atoms with E-state index in [1.807, 2.05) is 42.2 Å².